The normalized spacial score (nSPS) is 20.4. The molecule has 1 aliphatic heterocycles. The molecule has 1 unspecified atom stereocenters. The third-order valence-corrected chi connectivity index (χ3v) is 5.85. The lowest BCUT2D eigenvalue weighted by molar-refractivity contribution is 0.453. The van der Waals surface area contributed by atoms with Crippen molar-refractivity contribution in [1.82, 2.24) is 9.62 Å². The van der Waals surface area contributed by atoms with Crippen molar-refractivity contribution in [2.45, 2.75) is 38.1 Å². The largest absolute Gasteiger partial charge is 0.313 e. The first kappa shape index (κ1) is 15.5. The minimum absolute atomic E-state index is 0.412. The molecule has 1 fully saturated rings. The summed E-state index contributed by atoms with van der Waals surface area (Å²) in [5.41, 5.74) is 1.11. The third kappa shape index (κ3) is 3.40. The van der Waals surface area contributed by atoms with Crippen LogP contribution >= 0.6 is 0 Å². The van der Waals surface area contributed by atoms with Crippen LogP contribution in [0.2, 0.25) is 0 Å². The van der Waals surface area contributed by atoms with Crippen molar-refractivity contribution in [1.29, 1.82) is 0 Å². The zero-order chi connectivity index (χ0) is 14.6. The van der Waals surface area contributed by atoms with Gasteiger partial charge in [0.15, 0.2) is 0 Å². The van der Waals surface area contributed by atoms with Crippen LogP contribution in [0.3, 0.4) is 0 Å². The zero-order valence-corrected chi connectivity index (χ0v) is 13.1. The molecule has 0 aliphatic carbocycles. The van der Waals surface area contributed by atoms with Gasteiger partial charge in [-0.2, -0.15) is 4.31 Å². The number of nitrogens with one attached hydrogen (secondary N) is 1. The molecule has 5 heteroatoms. The van der Waals surface area contributed by atoms with E-state index in [9.17, 15) is 8.42 Å². The van der Waals surface area contributed by atoms with Crippen molar-refractivity contribution >= 4 is 10.0 Å². The average molecular weight is 296 g/mol. The quantitative estimate of drug-likeness (QED) is 0.875. The lowest BCUT2D eigenvalue weighted by Gasteiger charge is -2.16. The Morgan fingerprint density at radius 2 is 1.95 bits per heavy atom. The Hall–Kier alpha value is -0.910. The Kier molecular flexibility index (Phi) is 5.18. The van der Waals surface area contributed by atoms with Gasteiger partial charge >= 0.3 is 0 Å². The van der Waals surface area contributed by atoms with Crippen LogP contribution in [-0.2, 0) is 16.6 Å². The van der Waals surface area contributed by atoms with Crippen molar-refractivity contribution in [2.24, 2.45) is 5.92 Å². The fourth-order valence-corrected chi connectivity index (χ4v) is 4.08. The summed E-state index contributed by atoms with van der Waals surface area (Å²) in [7, 11) is -3.31. The molecule has 0 saturated carbocycles. The van der Waals surface area contributed by atoms with Gasteiger partial charge in [-0.05, 0) is 36.6 Å². The highest BCUT2D eigenvalue weighted by Gasteiger charge is 2.31. The van der Waals surface area contributed by atoms with E-state index in [2.05, 4.69) is 19.2 Å². The van der Waals surface area contributed by atoms with Gasteiger partial charge in [-0.15, -0.1) is 0 Å². The second kappa shape index (κ2) is 6.70. The molecule has 4 nitrogen and oxygen atoms in total. The molecule has 1 aliphatic rings. The summed E-state index contributed by atoms with van der Waals surface area (Å²) < 4.78 is 26.7. The molecule has 20 heavy (non-hydrogen) atoms. The molecule has 1 N–H and O–H groups in total. The van der Waals surface area contributed by atoms with Gasteiger partial charge in [-0.25, -0.2) is 8.42 Å². The Morgan fingerprint density at radius 1 is 1.25 bits per heavy atom. The van der Waals surface area contributed by atoms with Crippen LogP contribution in [-0.4, -0.2) is 32.4 Å². The van der Waals surface area contributed by atoms with Crippen molar-refractivity contribution in [3.05, 3.63) is 29.8 Å². The highest BCUT2D eigenvalue weighted by atomic mass is 32.2. The van der Waals surface area contributed by atoms with Gasteiger partial charge in [-0.1, -0.05) is 32.4 Å². The second-order valence-electron chi connectivity index (χ2n) is 5.35. The molecule has 112 valence electrons. The molecule has 1 saturated heterocycles. The summed E-state index contributed by atoms with van der Waals surface area (Å²) in [4.78, 5) is 0.412. The lowest BCUT2D eigenvalue weighted by Crippen LogP contribution is -2.28. The van der Waals surface area contributed by atoms with Gasteiger partial charge in [0.1, 0.15) is 0 Å². The minimum Gasteiger partial charge on any atom is -0.313 e. The molecule has 0 radical (unpaired) electrons. The van der Waals surface area contributed by atoms with Gasteiger partial charge in [0.2, 0.25) is 10.0 Å². The Labute approximate surface area is 122 Å². The number of benzene rings is 1. The van der Waals surface area contributed by atoms with Gasteiger partial charge in [0.25, 0.3) is 0 Å². The van der Waals surface area contributed by atoms with Gasteiger partial charge in [0.05, 0.1) is 4.90 Å². The van der Waals surface area contributed by atoms with Crippen LogP contribution in [0.4, 0.5) is 0 Å². The van der Waals surface area contributed by atoms with E-state index >= 15 is 0 Å². The molecular formula is C15H24N2O2S. The molecule has 1 aromatic rings. The Bertz CT molecular complexity index is 525. The van der Waals surface area contributed by atoms with Gasteiger partial charge < -0.3 is 5.32 Å². The highest BCUT2D eigenvalue weighted by Crippen LogP contribution is 2.26. The van der Waals surface area contributed by atoms with E-state index in [1.807, 2.05) is 12.1 Å². The van der Waals surface area contributed by atoms with E-state index < -0.39 is 10.0 Å². The van der Waals surface area contributed by atoms with Gasteiger partial charge in [-0.3, -0.25) is 0 Å². The van der Waals surface area contributed by atoms with Crippen LogP contribution in [0.25, 0.3) is 0 Å². The zero-order valence-electron chi connectivity index (χ0n) is 12.3. The summed E-state index contributed by atoms with van der Waals surface area (Å²) in [6, 6.07) is 7.23. The van der Waals surface area contributed by atoms with E-state index in [0.717, 1.165) is 31.5 Å². The summed E-state index contributed by atoms with van der Waals surface area (Å²) >= 11 is 0. The fourth-order valence-electron chi connectivity index (χ4n) is 2.55. The number of sulfonamides is 1. The maximum atomic E-state index is 12.5. The van der Waals surface area contributed by atoms with Crippen molar-refractivity contribution in [2.75, 3.05) is 19.6 Å². The standard InChI is InChI=1S/C15H24N2O2S/c1-3-13-9-10-17(12-13)20(18,19)15-7-5-14(6-8-15)11-16-4-2/h5-8,13,16H,3-4,9-12H2,1-2H3. The summed E-state index contributed by atoms with van der Waals surface area (Å²) in [5, 5.41) is 3.23. The van der Waals surface area contributed by atoms with Crippen LogP contribution in [0.5, 0.6) is 0 Å². The smallest absolute Gasteiger partial charge is 0.243 e. The molecule has 0 amide bonds. The van der Waals surface area contributed by atoms with E-state index in [0.29, 0.717) is 23.9 Å². The Morgan fingerprint density at radius 3 is 2.50 bits per heavy atom. The van der Waals surface area contributed by atoms with Gasteiger partial charge in [0, 0.05) is 19.6 Å². The molecule has 1 aromatic carbocycles. The second-order valence-corrected chi connectivity index (χ2v) is 7.29. The molecule has 1 atom stereocenters. The first-order chi connectivity index (χ1) is 9.57. The third-order valence-electron chi connectivity index (χ3n) is 3.97. The predicted molar refractivity (Wildman–Crippen MR) is 81.0 cm³/mol. The maximum Gasteiger partial charge on any atom is 0.243 e. The fraction of sp³-hybridized carbons (Fsp3) is 0.600. The number of nitrogens with zero attached hydrogens (tertiary/aromatic N) is 1. The van der Waals surface area contributed by atoms with Crippen molar-refractivity contribution in [3.63, 3.8) is 0 Å². The van der Waals surface area contributed by atoms with Crippen LogP contribution in [0.1, 0.15) is 32.3 Å². The molecular weight excluding hydrogens is 272 g/mol. The van der Waals surface area contributed by atoms with Crippen LogP contribution < -0.4 is 5.32 Å². The summed E-state index contributed by atoms with van der Waals surface area (Å²) in [5.74, 6) is 0.512. The molecule has 1 heterocycles. The van der Waals surface area contributed by atoms with E-state index in [4.69, 9.17) is 0 Å². The monoisotopic (exact) mass is 296 g/mol. The highest BCUT2D eigenvalue weighted by molar-refractivity contribution is 7.89. The molecule has 2 rings (SSSR count). The number of rotatable bonds is 6. The minimum atomic E-state index is -3.31. The van der Waals surface area contributed by atoms with Crippen molar-refractivity contribution in [3.8, 4) is 0 Å². The predicted octanol–water partition coefficient (Wildman–Crippen LogP) is 2.22. The lowest BCUT2D eigenvalue weighted by atomic mass is 10.1. The van der Waals surface area contributed by atoms with E-state index in [-0.39, 0.29) is 0 Å². The summed E-state index contributed by atoms with van der Waals surface area (Å²) in [6.45, 7) is 7.18. The average Bonchev–Trinajstić information content (AvgIpc) is 2.95. The first-order valence-electron chi connectivity index (χ1n) is 7.37. The summed E-state index contributed by atoms with van der Waals surface area (Å²) in [6.07, 6.45) is 2.03. The van der Waals surface area contributed by atoms with E-state index in [1.165, 1.54) is 0 Å². The molecule has 0 spiro atoms. The number of hydrogen-bond acceptors (Lipinski definition) is 3. The first-order valence-corrected chi connectivity index (χ1v) is 8.81. The van der Waals surface area contributed by atoms with Crippen LogP contribution in [0, 0.1) is 5.92 Å². The maximum absolute atomic E-state index is 12.5. The molecule has 0 bridgehead atoms. The number of hydrogen-bond donors (Lipinski definition) is 1. The van der Waals surface area contributed by atoms with Crippen LogP contribution in [0.15, 0.2) is 29.2 Å². The van der Waals surface area contributed by atoms with E-state index in [1.54, 1.807) is 16.4 Å². The SMILES string of the molecule is CCNCc1ccc(S(=O)(=O)N2CCC(CC)C2)cc1. The van der Waals surface area contributed by atoms with Crippen molar-refractivity contribution < 1.29 is 8.42 Å². The molecule has 0 aromatic heterocycles. The topological polar surface area (TPSA) is 49.4 Å². The Balaban J connectivity index is 2.10.